The molecule has 0 aromatic carbocycles. The standard InChI is InChI=1S/C4H11N3S/c1-6-4(5)7-2-3-8/h8H,2-3H2,1H3,(H3,5,6,7). The van der Waals surface area contributed by atoms with Gasteiger partial charge in [-0.1, -0.05) is 0 Å². The summed E-state index contributed by atoms with van der Waals surface area (Å²) in [6.45, 7) is 0.676. The molecule has 3 N–H and O–H groups in total. The van der Waals surface area contributed by atoms with Gasteiger partial charge in [-0.25, -0.2) is 0 Å². The third kappa shape index (κ3) is 3.80. The first-order chi connectivity index (χ1) is 3.81. The summed E-state index contributed by atoms with van der Waals surface area (Å²) in [7, 11) is 1.73. The largest absolute Gasteiger partial charge is 0.370 e. The number of hydrogen-bond donors (Lipinski definition) is 3. The molecule has 4 heteroatoms. The summed E-state index contributed by atoms with van der Waals surface area (Å²) in [4.78, 5) is 3.87. The van der Waals surface area contributed by atoms with Crippen LogP contribution in [0.2, 0.25) is 0 Å². The lowest BCUT2D eigenvalue weighted by atomic mass is 10.8. The van der Waals surface area contributed by atoms with Gasteiger partial charge >= 0.3 is 0 Å². The molecule has 0 rings (SSSR count). The second kappa shape index (κ2) is 4.77. The van der Waals surface area contributed by atoms with E-state index < -0.39 is 0 Å². The molecule has 0 saturated heterocycles. The van der Waals surface area contributed by atoms with Gasteiger partial charge in [0.05, 0.1) is 6.54 Å². The predicted molar refractivity (Wildman–Crippen MR) is 39.4 cm³/mol. The van der Waals surface area contributed by atoms with Crippen molar-refractivity contribution < 1.29 is 0 Å². The van der Waals surface area contributed by atoms with E-state index in [9.17, 15) is 0 Å². The molecule has 48 valence electrons. The first kappa shape index (κ1) is 7.62. The number of hydrogen-bond acceptors (Lipinski definition) is 2. The van der Waals surface area contributed by atoms with Crippen molar-refractivity contribution in [1.29, 1.82) is 0 Å². The molecule has 0 bridgehead atoms. The third-order valence-corrected chi connectivity index (χ3v) is 0.838. The van der Waals surface area contributed by atoms with E-state index in [2.05, 4.69) is 22.9 Å². The van der Waals surface area contributed by atoms with E-state index in [1.165, 1.54) is 0 Å². The smallest absolute Gasteiger partial charge is 0.188 e. The lowest BCUT2D eigenvalue weighted by Gasteiger charge is -1.94. The molecule has 3 nitrogen and oxygen atoms in total. The topological polar surface area (TPSA) is 50.4 Å². The van der Waals surface area contributed by atoms with Crippen molar-refractivity contribution in [3.8, 4) is 0 Å². The maximum absolute atomic E-state index is 5.26. The number of nitrogens with two attached hydrogens (primary N) is 1. The Morgan fingerprint density at radius 1 is 1.88 bits per heavy atom. The number of rotatable bonds is 2. The summed E-state index contributed by atoms with van der Waals surface area (Å²) in [5, 5.41) is 2.69. The van der Waals surface area contributed by atoms with Gasteiger partial charge in [0.1, 0.15) is 0 Å². The summed E-state index contributed by atoms with van der Waals surface area (Å²) in [6.07, 6.45) is 0. The highest BCUT2D eigenvalue weighted by molar-refractivity contribution is 7.80. The maximum atomic E-state index is 5.26. The average Bonchev–Trinajstić information content (AvgIpc) is 1.83. The quantitative estimate of drug-likeness (QED) is 0.269. The highest BCUT2D eigenvalue weighted by Gasteiger charge is 1.79. The van der Waals surface area contributed by atoms with Crippen molar-refractivity contribution in [1.82, 2.24) is 5.32 Å². The van der Waals surface area contributed by atoms with Gasteiger partial charge in [-0.3, -0.25) is 4.99 Å². The first-order valence-electron chi connectivity index (χ1n) is 2.39. The minimum atomic E-state index is 0.471. The third-order valence-electron chi connectivity index (χ3n) is 0.638. The Balaban J connectivity index is 3.26. The van der Waals surface area contributed by atoms with Crippen LogP contribution in [0.1, 0.15) is 0 Å². The molecule has 0 radical (unpaired) electrons. The van der Waals surface area contributed by atoms with Gasteiger partial charge < -0.3 is 11.1 Å². The highest BCUT2D eigenvalue weighted by atomic mass is 32.1. The van der Waals surface area contributed by atoms with Gasteiger partial charge in [0, 0.05) is 12.8 Å². The lowest BCUT2D eigenvalue weighted by Crippen LogP contribution is -2.27. The zero-order chi connectivity index (χ0) is 6.41. The molecule has 0 aromatic heterocycles. The molecule has 8 heavy (non-hydrogen) atoms. The summed E-state index contributed by atoms with van der Waals surface area (Å²) in [6, 6.07) is 0. The Labute approximate surface area is 54.8 Å². The van der Waals surface area contributed by atoms with Crippen molar-refractivity contribution in [3.63, 3.8) is 0 Å². The van der Waals surface area contributed by atoms with Crippen LogP contribution in [-0.2, 0) is 0 Å². The molecule has 0 aliphatic rings. The Bertz CT molecular complexity index is 81.4. The van der Waals surface area contributed by atoms with Crippen LogP contribution in [-0.4, -0.2) is 25.3 Å². The number of thiol groups is 1. The molecule has 0 aliphatic heterocycles. The summed E-state index contributed by atoms with van der Waals surface area (Å²) in [5.74, 6) is 1.21. The van der Waals surface area contributed by atoms with E-state index >= 15 is 0 Å². The van der Waals surface area contributed by atoms with E-state index in [1.807, 2.05) is 0 Å². The Hall–Kier alpha value is -0.380. The fourth-order valence-corrected chi connectivity index (χ4v) is 0.350. The second-order valence-electron chi connectivity index (χ2n) is 1.24. The molecule has 0 atom stereocenters. The maximum Gasteiger partial charge on any atom is 0.188 e. The molecule has 0 spiro atoms. The van der Waals surface area contributed by atoms with Crippen LogP contribution in [0.4, 0.5) is 0 Å². The summed E-state index contributed by atoms with van der Waals surface area (Å²) < 4.78 is 0. The van der Waals surface area contributed by atoms with Crippen LogP contribution in [0, 0.1) is 0 Å². The van der Waals surface area contributed by atoms with E-state index in [1.54, 1.807) is 7.05 Å². The van der Waals surface area contributed by atoms with E-state index in [0.29, 0.717) is 12.5 Å². The highest BCUT2D eigenvalue weighted by Crippen LogP contribution is 1.73. The normalized spacial score (nSPS) is 11.5. The molecular formula is C4H11N3S. The molecule has 0 aromatic rings. The van der Waals surface area contributed by atoms with Crippen LogP contribution in [0.15, 0.2) is 4.99 Å². The summed E-state index contributed by atoms with van der Waals surface area (Å²) >= 11 is 3.94. The van der Waals surface area contributed by atoms with Crippen LogP contribution in [0.3, 0.4) is 0 Å². The van der Waals surface area contributed by atoms with Gasteiger partial charge in [0.25, 0.3) is 0 Å². The zero-order valence-electron chi connectivity index (χ0n) is 4.89. The van der Waals surface area contributed by atoms with Gasteiger partial charge in [0.15, 0.2) is 5.96 Å². The zero-order valence-corrected chi connectivity index (χ0v) is 5.78. The van der Waals surface area contributed by atoms with Crippen molar-refractivity contribution in [2.24, 2.45) is 10.7 Å². The number of nitrogens with one attached hydrogen (secondary N) is 1. The second-order valence-corrected chi connectivity index (χ2v) is 1.69. The molecule has 0 unspecified atom stereocenters. The minimum Gasteiger partial charge on any atom is -0.370 e. The average molecular weight is 133 g/mol. The van der Waals surface area contributed by atoms with Crippen molar-refractivity contribution in [2.45, 2.75) is 0 Å². The van der Waals surface area contributed by atoms with Crippen LogP contribution < -0.4 is 11.1 Å². The lowest BCUT2D eigenvalue weighted by molar-refractivity contribution is 1.06. The minimum absolute atomic E-state index is 0.471. The van der Waals surface area contributed by atoms with E-state index in [4.69, 9.17) is 5.73 Å². The fraction of sp³-hybridized carbons (Fsp3) is 0.750. The predicted octanol–water partition coefficient (Wildman–Crippen LogP) is -0.550. The van der Waals surface area contributed by atoms with Crippen LogP contribution in [0.5, 0.6) is 0 Å². The molecule has 0 aliphatic carbocycles. The van der Waals surface area contributed by atoms with Gasteiger partial charge in [-0.05, 0) is 0 Å². The van der Waals surface area contributed by atoms with Gasteiger partial charge in [0.2, 0.25) is 0 Å². The Morgan fingerprint density at radius 2 is 2.50 bits per heavy atom. The van der Waals surface area contributed by atoms with Crippen molar-refractivity contribution >= 4 is 18.6 Å². The van der Waals surface area contributed by atoms with Crippen molar-refractivity contribution in [3.05, 3.63) is 0 Å². The molecule has 0 saturated carbocycles. The van der Waals surface area contributed by atoms with E-state index in [-0.39, 0.29) is 0 Å². The fourth-order valence-electron chi connectivity index (χ4n) is 0.250. The molecule has 0 fully saturated rings. The number of aliphatic imine (C=N–C) groups is 1. The summed E-state index contributed by atoms with van der Waals surface area (Å²) in [5.41, 5.74) is 5.26. The van der Waals surface area contributed by atoms with Gasteiger partial charge in [-0.2, -0.15) is 12.6 Å². The number of nitrogens with zero attached hydrogens (tertiary/aromatic N) is 1. The Morgan fingerprint density at radius 3 is 2.88 bits per heavy atom. The Kier molecular flexibility index (Phi) is 4.54. The SMILES string of the molecule is CNC(N)=NCCS. The van der Waals surface area contributed by atoms with Crippen LogP contribution in [0.25, 0.3) is 0 Å². The van der Waals surface area contributed by atoms with E-state index in [0.717, 1.165) is 5.75 Å². The first-order valence-corrected chi connectivity index (χ1v) is 3.03. The molecular weight excluding hydrogens is 122 g/mol. The number of guanidine groups is 1. The monoisotopic (exact) mass is 133 g/mol. The van der Waals surface area contributed by atoms with Crippen LogP contribution >= 0.6 is 12.6 Å². The molecule has 0 amide bonds. The van der Waals surface area contributed by atoms with Crippen molar-refractivity contribution in [2.75, 3.05) is 19.3 Å². The molecule has 0 heterocycles. The van der Waals surface area contributed by atoms with Gasteiger partial charge in [-0.15, -0.1) is 0 Å².